The second kappa shape index (κ2) is 8.61. The Kier molecular flexibility index (Phi) is 6.26. The number of hydrogen-bond donors (Lipinski definition) is 3. The summed E-state index contributed by atoms with van der Waals surface area (Å²) >= 11 is 0. The zero-order chi connectivity index (χ0) is 18.2. The monoisotopic (exact) mass is 347 g/mol. The lowest BCUT2D eigenvalue weighted by molar-refractivity contribution is -0.0493. The Morgan fingerprint density at radius 3 is 2.56 bits per heavy atom. The summed E-state index contributed by atoms with van der Waals surface area (Å²) in [7, 11) is 0. The van der Waals surface area contributed by atoms with E-state index in [2.05, 4.69) is 15.4 Å². The predicted molar refractivity (Wildman–Crippen MR) is 86.2 cm³/mol. The van der Waals surface area contributed by atoms with Gasteiger partial charge in [0.05, 0.1) is 30.0 Å². The number of ether oxygens (including phenoxy) is 1. The third kappa shape index (κ3) is 5.16. The van der Waals surface area contributed by atoms with Gasteiger partial charge in [-0.2, -0.15) is 14.0 Å². The van der Waals surface area contributed by atoms with E-state index in [9.17, 15) is 18.7 Å². The molecule has 2 aromatic carbocycles. The number of anilines is 1. The number of nitrogens with one attached hydrogen (secondary N) is 2. The average Bonchev–Trinajstić information content (AvgIpc) is 2.61. The van der Waals surface area contributed by atoms with Gasteiger partial charge in [-0.1, -0.05) is 30.3 Å². The summed E-state index contributed by atoms with van der Waals surface area (Å²) in [6.45, 7) is -3.43. The molecule has 0 saturated carbocycles. The molecule has 25 heavy (non-hydrogen) atoms. The van der Waals surface area contributed by atoms with Crippen LogP contribution in [0.15, 0.2) is 48.5 Å². The largest absolute Gasteiger partial charge is 0.433 e. The molecule has 1 atom stereocenters. The molecule has 0 radical (unpaired) electrons. The fraction of sp³-hybridized carbons (Fsp3) is 0.176. The highest BCUT2D eigenvalue weighted by Gasteiger charge is 2.16. The first kappa shape index (κ1) is 18.2. The van der Waals surface area contributed by atoms with Crippen molar-refractivity contribution in [3.05, 3.63) is 59.7 Å². The summed E-state index contributed by atoms with van der Waals surface area (Å²) in [6.07, 6.45) is 0. The molecule has 2 amide bonds. The van der Waals surface area contributed by atoms with E-state index in [0.29, 0.717) is 5.56 Å². The van der Waals surface area contributed by atoms with Crippen LogP contribution >= 0.6 is 0 Å². The van der Waals surface area contributed by atoms with Gasteiger partial charge in [0.1, 0.15) is 5.75 Å². The Bertz CT molecular complexity index is 763. The smallest absolute Gasteiger partial charge is 0.387 e. The molecule has 0 spiro atoms. The van der Waals surface area contributed by atoms with Crippen molar-refractivity contribution < 1.29 is 23.4 Å². The highest BCUT2D eigenvalue weighted by Crippen LogP contribution is 2.27. The minimum atomic E-state index is -3.08. The number of carbonyl (C=O) groups is 1. The van der Waals surface area contributed by atoms with Crippen molar-refractivity contribution in [2.75, 3.05) is 11.9 Å². The quantitative estimate of drug-likeness (QED) is 0.749. The van der Waals surface area contributed by atoms with Gasteiger partial charge in [-0.05, 0) is 23.8 Å². The van der Waals surface area contributed by atoms with Gasteiger partial charge in [-0.15, -0.1) is 0 Å². The van der Waals surface area contributed by atoms with E-state index < -0.39 is 18.7 Å². The van der Waals surface area contributed by atoms with E-state index in [1.54, 1.807) is 30.3 Å². The Morgan fingerprint density at radius 1 is 1.24 bits per heavy atom. The molecular weight excluding hydrogens is 332 g/mol. The molecule has 2 aromatic rings. The minimum Gasteiger partial charge on any atom is -0.433 e. The zero-order valence-corrected chi connectivity index (χ0v) is 12.9. The molecule has 2 rings (SSSR count). The average molecular weight is 347 g/mol. The molecule has 3 N–H and O–H groups in total. The maximum atomic E-state index is 12.5. The summed E-state index contributed by atoms with van der Waals surface area (Å²) in [5.41, 5.74) is 0.760. The van der Waals surface area contributed by atoms with Crippen LogP contribution in [0.1, 0.15) is 17.2 Å². The van der Waals surface area contributed by atoms with E-state index in [4.69, 9.17) is 5.26 Å². The van der Waals surface area contributed by atoms with Crippen LogP contribution in [0.25, 0.3) is 0 Å². The molecule has 130 valence electrons. The van der Waals surface area contributed by atoms with Crippen LogP contribution in [0.5, 0.6) is 5.75 Å². The van der Waals surface area contributed by atoms with Crippen molar-refractivity contribution in [2.45, 2.75) is 12.7 Å². The van der Waals surface area contributed by atoms with Crippen molar-refractivity contribution in [1.29, 1.82) is 5.26 Å². The number of benzene rings is 2. The molecule has 0 unspecified atom stereocenters. The Morgan fingerprint density at radius 2 is 1.96 bits per heavy atom. The fourth-order valence-corrected chi connectivity index (χ4v) is 2.13. The van der Waals surface area contributed by atoms with E-state index in [1.807, 2.05) is 6.07 Å². The Balaban J connectivity index is 2.15. The van der Waals surface area contributed by atoms with Crippen LogP contribution in [-0.4, -0.2) is 24.4 Å². The Hall–Kier alpha value is -3.18. The van der Waals surface area contributed by atoms with Crippen LogP contribution in [0.2, 0.25) is 0 Å². The summed E-state index contributed by atoms with van der Waals surface area (Å²) < 4.78 is 29.2. The number of nitriles is 1. The summed E-state index contributed by atoms with van der Waals surface area (Å²) in [4.78, 5) is 12.1. The van der Waals surface area contributed by atoms with Crippen LogP contribution < -0.4 is 15.4 Å². The molecule has 8 heteroatoms. The first-order valence-corrected chi connectivity index (χ1v) is 7.25. The van der Waals surface area contributed by atoms with Crippen molar-refractivity contribution in [1.82, 2.24) is 5.32 Å². The number of aliphatic hydroxyl groups excluding tert-OH is 1. The first-order chi connectivity index (χ1) is 12.0. The van der Waals surface area contributed by atoms with Crippen LogP contribution in [0.3, 0.4) is 0 Å². The molecule has 0 saturated heterocycles. The molecule has 6 nitrogen and oxygen atoms in total. The maximum absolute atomic E-state index is 12.5. The normalized spacial score (nSPS) is 11.5. The predicted octanol–water partition coefficient (Wildman–Crippen LogP) is 3.01. The number of hydrogen-bond acceptors (Lipinski definition) is 4. The lowest BCUT2D eigenvalue weighted by Crippen LogP contribution is -2.34. The molecule has 0 aliphatic carbocycles. The summed E-state index contributed by atoms with van der Waals surface area (Å²) in [5, 5.41) is 23.2. The molecule has 0 fully saturated rings. The lowest BCUT2D eigenvalue weighted by Gasteiger charge is -2.18. The highest BCUT2D eigenvalue weighted by molar-refractivity contribution is 5.91. The SMILES string of the molecule is N#Cc1ccc(OC(F)F)c(NC(=O)N[C@H](CO)c2ccccc2)c1. The van der Waals surface area contributed by atoms with Gasteiger partial charge in [0.2, 0.25) is 0 Å². The standard InChI is InChI=1S/C17H15F2N3O3/c18-16(19)25-15-7-6-11(9-20)8-13(15)21-17(24)22-14(10-23)12-4-2-1-3-5-12/h1-8,14,16,23H,10H2,(H2,21,22,24)/t14-/m1/s1. The molecule has 0 bridgehead atoms. The Labute approximate surface area is 142 Å². The van der Waals surface area contributed by atoms with Crippen LogP contribution in [0, 0.1) is 11.3 Å². The van der Waals surface area contributed by atoms with Crippen LogP contribution in [-0.2, 0) is 0 Å². The van der Waals surface area contributed by atoms with Gasteiger partial charge < -0.3 is 20.5 Å². The van der Waals surface area contributed by atoms with Crippen LogP contribution in [0.4, 0.5) is 19.3 Å². The summed E-state index contributed by atoms with van der Waals surface area (Å²) in [6, 6.07) is 12.8. The van der Waals surface area contributed by atoms with Crippen molar-refractivity contribution in [3.8, 4) is 11.8 Å². The topological polar surface area (TPSA) is 94.4 Å². The van der Waals surface area contributed by atoms with Gasteiger partial charge >= 0.3 is 12.6 Å². The number of alkyl halides is 2. The molecular formula is C17H15F2N3O3. The number of aliphatic hydroxyl groups is 1. The van der Waals surface area contributed by atoms with Gasteiger partial charge in [-0.3, -0.25) is 0 Å². The maximum Gasteiger partial charge on any atom is 0.387 e. The van der Waals surface area contributed by atoms with E-state index in [0.717, 1.165) is 0 Å². The third-order valence-electron chi connectivity index (χ3n) is 3.26. The molecule has 0 heterocycles. The minimum absolute atomic E-state index is 0.0819. The van der Waals surface area contributed by atoms with Gasteiger partial charge in [0.15, 0.2) is 0 Å². The summed E-state index contributed by atoms with van der Waals surface area (Å²) in [5.74, 6) is -0.274. The third-order valence-corrected chi connectivity index (χ3v) is 3.26. The number of nitrogens with zero attached hydrogens (tertiary/aromatic N) is 1. The van der Waals surface area contributed by atoms with E-state index in [1.165, 1.54) is 18.2 Å². The van der Waals surface area contributed by atoms with E-state index in [-0.39, 0.29) is 23.6 Å². The number of rotatable bonds is 6. The van der Waals surface area contributed by atoms with Gasteiger partial charge in [-0.25, -0.2) is 4.79 Å². The van der Waals surface area contributed by atoms with E-state index >= 15 is 0 Å². The molecule has 0 aliphatic rings. The number of amides is 2. The van der Waals surface area contributed by atoms with Gasteiger partial charge in [0.25, 0.3) is 0 Å². The van der Waals surface area contributed by atoms with Crippen molar-refractivity contribution >= 4 is 11.7 Å². The first-order valence-electron chi connectivity index (χ1n) is 7.25. The number of urea groups is 1. The molecule has 0 aliphatic heterocycles. The molecule has 0 aromatic heterocycles. The fourth-order valence-electron chi connectivity index (χ4n) is 2.13. The van der Waals surface area contributed by atoms with Crippen molar-refractivity contribution in [2.24, 2.45) is 0 Å². The van der Waals surface area contributed by atoms with Crippen molar-refractivity contribution in [3.63, 3.8) is 0 Å². The number of carbonyl (C=O) groups excluding carboxylic acids is 1. The second-order valence-corrected chi connectivity index (χ2v) is 4.95. The second-order valence-electron chi connectivity index (χ2n) is 4.95. The van der Waals surface area contributed by atoms with Gasteiger partial charge in [0, 0.05) is 0 Å². The highest BCUT2D eigenvalue weighted by atomic mass is 19.3. The number of halogens is 2. The zero-order valence-electron chi connectivity index (χ0n) is 12.9. The lowest BCUT2D eigenvalue weighted by atomic mass is 10.1.